The quantitative estimate of drug-likeness (QED) is 0.640. The first-order chi connectivity index (χ1) is 12.5. The molecule has 1 fully saturated rings. The maximum Gasteiger partial charge on any atom is 0.242 e. The molecule has 146 valence electrons. The highest BCUT2D eigenvalue weighted by Crippen LogP contribution is 2.16. The van der Waals surface area contributed by atoms with Gasteiger partial charge in [0.25, 0.3) is 0 Å². The van der Waals surface area contributed by atoms with Gasteiger partial charge in [-0.2, -0.15) is 0 Å². The van der Waals surface area contributed by atoms with Gasteiger partial charge in [-0.25, -0.2) is 0 Å². The van der Waals surface area contributed by atoms with Gasteiger partial charge in [-0.15, -0.1) is 0 Å². The van der Waals surface area contributed by atoms with Crippen molar-refractivity contribution in [2.75, 3.05) is 26.2 Å². The van der Waals surface area contributed by atoms with Crippen molar-refractivity contribution in [2.24, 2.45) is 5.92 Å². The van der Waals surface area contributed by atoms with E-state index in [1.807, 2.05) is 19.1 Å². The summed E-state index contributed by atoms with van der Waals surface area (Å²) >= 11 is 0. The Labute approximate surface area is 156 Å². The van der Waals surface area contributed by atoms with Gasteiger partial charge in [0.1, 0.15) is 5.76 Å². The number of amides is 2. The molecule has 1 atom stereocenters. The number of ether oxygens (including phenoxy) is 1. The van der Waals surface area contributed by atoms with Gasteiger partial charge < -0.3 is 19.0 Å². The van der Waals surface area contributed by atoms with Crippen LogP contribution in [-0.4, -0.2) is 54.0 Å². The Morgan fingerprint density at radius 3 is 2.65 bits per heavy atom. The lowest BCUT2D eigenvalue weighted by atomic mass is 10.2. The summed E-state index contributed by atoms with van der Waals surface area (Å²) in [7, 11) is 0. The average Bonchev–Trinajstić information content (AvgIpc) is 3.27. The predicted octanol–water partition coefficient (Wildman–Crippen LogP) is 3.07. The molecule has 0 saturated carbocycles. The zero-order chi connectivity index (χ0) is 18.9. The van der Waals surface area contributed by atoms with Crippen molar-refractivity contribution >= 4 is 11.8 Å². The summed E-state index contributed by atoms with van der Waals surface area (Å²) in [5, 5.41) is 0. The van der Waals surface area contributed by atoms with E-state index in [1.165, 1.54) is 0 Å². The number of rotatable bonds is 10. The highest BCUT2D eigenvalue weighted by molar-refractivity contribution is 5.84. The first kappa shape index (κ1) is 20.5. The van der Waals surface area contributed by atoms with E-state index in [2.05, 4.69) is 13.8 Å². The van der Waals surface area contributed by atoms with E-state index in [-0.39, 0.29) is 24.5 Å². The lowest BCUT2D eigenvalue weighted by Gasteiger charge is -2.29. The molecule has 0 bridgehead atoms. The van der Waals surface area contributed by atoms with Crippen molar-refractivity contribution in [1.82, 2.24) is 9.80 Å². The first-order valence-corrected chi connectivity index (χ1v) is 9.69. The topological polar surface area (TPSA) is 63.0 Å². The molecule has 1 aliphatic rings. The van der Waals surface area contributed by atoms with Gasteiger partial charge in [-0.05, 0) is 37.3 Å². The summed E-state index contributed by atoms with van der Waals surface area (Å²) in [6.45, 7) is 8.51. The van der Waals surface area contributed by atoms with Crippen LogP contribution in [-0.2, 0) is 20.9 Å². The zero-order valence-corrected chi connectivity index (χ0v) is 16.3. The monoisotopic (exact) mass is 364 g/mol. The van der Waals surface area contributed by atoms with E-state index in [0.717, 1.165) is 31.6 Å². The number of furan rings is 1. The fourth-order valence-corrected chi connectivity index (χ4v) is 3.21. The molecule has 1 saturated heterocycles. The molecule has 0 radical (unpaired) electrons. The molecule has 1 aromatic heterocycles. The molecule has 0 aromatic carbocycles. The fraction of sp³-hybridized carbons (Fsp3) is 0.700. The van der Waals surface area contributed by atoms with E-state index in [0.29, 0.717) is 32.0 Å². The largest absolute Gasteiger partial charge is 0.467 e. The molecule has 2 heterocycles. The molecule has 0 aliphatic carbocycles. The Bertz CT molecular complexity index is 550. The molecule has 6 nitrogen and oxygen atoms in total. The van der Waals surface area contributed by atoms with Crippen molar-refractivity contribution in [2.45, 2.75) is 59.1 Å². The van der Waals surface area contributed by atoms with Crippen LogP contribution in [0.2, 0.25) is 0 Å². The minimum absolute atomic E-state index is 0.0459. The normalized spacial score (nSPS) is 16.8. The maximum absolute atomic E-state index is 13.0. The molecule has 26 heavy (non-hydrogen) atoms. The van der Waals surface area contributed by atoms with Gasteiger partial charge in [0.05, 0.1) is 25.5 Å². The summed E-state index contributed by atoms with van der Waals surface area (Å²) in [6, 6.07) is 3.68. The SMILES string of the molecule is CCCC(=O)N(CC(=O)N(Cc1ccco1)C[C@H]1CCCO1)CC(C)C. The predicted molar refractivity (Wildman–Crippen MR) is 99.4 cm³/mol. The lowest BCUT2D eigenvalue weighted by molar-refractivity contribution is -0.142. The second-order valence-electron chi connectivity index (χ2n) is 7.41. The van der Waals surface area contributed by atoms with E-state index in [1.54, 1.807) is 16.1 Å². The molecule has 2 rings (SSSR count). The summed E-state index contributed by atoms with van der Waals surface area (Å²) in [6.07, 6.45) is 4.94. The third kappa shape index (κ3) is 6.48. The third-order valence-corrected chi connectivity index (χ3v) is 4.46. The van der Waals surface area contributed by atoms with Gasteiger partial charge in [0.15, 0.2) is 0 Å². The van der Waals surface area contributed by atoms with Crippen LogP contribution in [0.1, 0.15) is 52.2 Å². The molecular weight excluding hydrogens is 332 g/mol. The number of hydrogen-bond acceptors (Lipinski definition) is 4. The Hall–Kier alpha value is -1.82. The summed E-state index contributed by atoms with van der Waals surface area (Å²) in [4.78, 5) is 28.9. The summed E-state index contributed by atoms with van der Waals surface area (Å²) in [5.41, 5.74) is 0. The molecule has 0 unspecified atom stereocenters. The van der Waals surface area contributed by atoms with Crippen LogP contribution in [0.3, 0.4) is 0 Å². The Balaban J connectivity index is 2.04. The minimum Gasteiger partial charge on any atom is -0.467 e. The maximum atomic E-state index is 13.0. The number of nitrogens with zero attached hydrogens (tertiary/aromatic N) is 2. The average molecular weight is 364 g/mol. The highest BCUT2D eigenvalue weighted by atomic mass is 16.5. The smallest absolute Gasteiger partial charge is 0.242 e. The van der Waals surface area contributed by atoms with E-state index in [4.69, 9.17) is 9.15 Å². The molecule has 0 N–H and O–H groups in total. The number of carbonyl (C=O) groups is 2. The van der Waals surface area contributed by atoms with Crippen LogP contribution in [0.4, 0.5) is 0 Å². The molecule has 0 spiro atoms. The van der Waals surface area contributed by atoms with Crippen molar-refractivity contribution in [3.63, 3.8) is 0 Å². The van der Waals surface area contributed by atoms with Gasteiger partial charge in [0, 0.05) is 26.1 Å². The second-order valence-corrected chi connectivity index (χ2v) is 7.41. The molecular formula is C20H32N2O4. The lowest BCUT2D eigenvalue weighted by Crippen LogP contribution is -2.46. The minimum atomic E-state index is -0.0537. The van der Waals surface area contributed by atoms with Crippen LogP contribution >= 0.6 is 0 Å². The van der Waals surface area contributed by atoms with Crippen LogP contribution in [0.15, 0.2) is 22.8 Å². The summed E-state index contributed by atoms with van der Waals surface area (Å²) < 4.78 is 11.1. The molecule has 1 aromatic rings. The molecule has 2 amide bonds. The Morgan fingerprint density at radius 1 is 1.27 bits per heavy atom. The van der Waals surface area contributed by atoms with Crippen LogP contribution in [0, 0.1) is 5.92 Å². The van der Waals surface area contributed by atoms with E-state index >= 15 is 0 Å². The fourth-order valence-electron chi connectivity index (χ4n) is 3.21. The van der Waals surface area contributed by atoms with Gasteiger partial charge in [-0.1, -0.05) is 20.8 Å². The first-order valence-electron chi connectivity index (χ1n) is 9.69. The van der Waals surface area contributed by atoms with E-state index < -0.39 is 0 Å². The molecule has 6 heteroatoms. The van der Waals surface area contributed by atoms with Crippen LogP contribution in [0.25, 0.3) is 0 Å². The third-order valence-electron chi connectivity index (χ3n) is 4.46. The van der Waals surface area contributed by atoms with Gasteiger partial charge in [-0.3, -0.25) is 9.59 Å². The Morgan fingerprint density at radius 2 is 2.08 bits per heavy atom. The number of carbonyl (C=O) groups excluding carboxylic acids is 2. The van der Waals surface area contributed by atoms with Crippen molar-refractivity contribution in [3.8, 4) is 0 Å². The Kier molecular flexibility index (Phi) is 8.16. The molecule has 1 aliphatic heterocycles. The standard InChI is InChI=1S/C20H32N2O4/c1-4-7-19(23)21(12-16(2)3)15-20(24)22(13-17-8-5-10-25-17)14-18-9-6-11-26-18/h5,8,10,16,18H,4,6-7,9,11-15H2,1-3H3/t18-/m1/s1. The number of hydrogen-bond donors (Lipinski definition) is 0. The zero-order valence-electron chi connectivity index (χ0n) is 16.3. The van der Waals surface area contributed by atoms with Crippen LogP contribution in [0.5, 0.6) is 0 Å². The highest BCUT2D eigenvalue weighted by Gasteiger charge is 2.26. The van der Waals surface area contributed by atoms with Crippen LogP contribution < -0.4 is 0 Å². The van der Waals surface area contributed by atoms with E-state index in [9.17, 15) is 9.59 Å². The summed E-state index contributed by atoms with van der Waals surface area (Å²) in [5.74, 6) is 1.05. The van der Waals surface area contributed by atoms with Crippen molar-refractivity contribution in [3.05, 3.63) is 24.2 Å². The van der Waals surface area contributed by atoms with Crippen molar-refractivity contribution in [1.29, 1.82) is 0 Å². The van der Waals surface area contributed by atoms with Crippen molar-refractivity contribution < 1.29 is 18.7 Å². The van der Waals surface area contributed by atoms with Gasteiger partial charge >= 0.3 is 0 Å². The van der Waals surface area contributed by atoms with Gasteiger partial charge in [0.2, 0.25) is 11.8 Å². The second kappa shape index (κ2) is 10.4.